The van der Waals surface area contributed by atoms with Crippen molar-refractivity contribution in [3.63, 3.8) is 0 Å². The van der Waals surface area contributed by atoms with Crippen LogP contribution in [-0.4, -0.2) is 44.6 Å². The third-order valence-electron chi connectivity index (χ3n) is 4.18. The van der Waals surface area contributed by atoms with Crippen LogP contribution in [0.25, 0.3) is 0 Å². The second kappa shape index (κ2) is 6.06. The summed E-state index contributed by atoms with van der Waals surface area (Å²) in [6, 6.07) is 4.81. The predicted octanol–water partition coefficient (Wildman–Crippen LogP) is 1.35. The molecule has 2 aliphatic heterocycles. The average Bonchev–Trinajstić information content (AvgIpc) is 2.71. The summed E-state index contributed by atoms with van der Waals surface area (Å²) < 4.78 is 38.4. The molecule has 1 aromatic rings. The lowest BCUT2D eigenvalue weighted by molar-refractivity contribution is 0.247. The number of benzene rings is 1. The van der Waals surface area contributed by atoms with Gasteiger partial charge in [0, 0.05) is 31.1 Å². The van der Waals surface area contributed by atoms with Gasteiger partial charge in [0.25, 0.3) is 0 Å². The van der Waals surface area contributed by atoms with Crippen LogP contribution in [0.1, 0.15) is 26.2 Å². The number of piperidine rings is 1. The molecule has 0 bridgehead atoms. The fourth-order valence-corrected chi connectivity index (χ4v) is 4.66. The average molecular weight is 326 g/mol. The lowest BCUT2D eigenvalue weighted by Gasteiger charge is -2.35. The Morgan fingerprint density at radius 3 is 2.68 bits per heavy atom. The Hall–Kier alpha value is -1.31. The number of hydrogen-bond acceptors (Lipinski definition) is 5. The van der Waals surface area contributed by atoms with Crippen LogP contribution in [0.2, 0.25) is 0 Å². The summed E-state index contributed by atoms with van der Waals surface area (Å²) in [6.45, 7) is 3.48. The molecule has 1 aromatic carbocycles. The quantitative estimate of drug-likeness (QED) is 0.887. The summed E-state index contributed by atoms with van der Waals surface area (Å²) in [7, 11) is -3.54. The Kier molecular flexibility index (Phi) is 4.29. The van der Waals surface area contributed by atoms with Gasteiger partial charge in [0.15, 0.2) is 11.5 Å². The maximum absolute atomic E-state index is 12.9. The van der Waals surface area contributed by atoms with Gasteiger partial charge in [0.1, 0.15) is 0 Å². The Morgan fingerprint density at radius 2 is 1.95 bits per heavy atom. The number of ether oxygens (including phenoxy) is 2. The molecule has 0 unspecified atom stereocenters. The van der Waals surface area contributed by atoms with E-state index in [1.807, 2.05) is 6.92 Å². The van der Waals surface area contributed by atoms with E-state index in [1.165, 1.54) is 4.31 Å². The minimum atomic E-state index is -3.54. The SMILES string of the molecule is C[C@H]1C[C@H](N)CCN1S(=O)(=O)c1ccc2c(c1)OCCCO2. The topological polar surface area (TPSA) is 81.9 Å². The van der Waals surface area contributed by atoms with Crippen LogP contribution in [0.4, 0.5) is 0 Å². The summed E-state index contributed by atoms with van der Waals surface area (Å²) in [5.41, 5.74) is 5.92. The largest absolute Gasteiger partial charge is 0.490 e. The fourth-order valence-electron chi connectivity index (χ4n) is 2.98. The monoisotopic (exact) mass is 326 g/mol. The van der Waals surface area contributed by atoms with Gasteiger partial charge in [-0.1, -0.05) is 0 Å². The Morgan fingerprint density at radius 1 is 1.23 bits per heavy atom. The fraction of sp³-hybridized carbons (Fsp3) is 0.600. The van der Waals surface area contributed by atoms with Gasteiger partial charge in [-0.3, -0.25) is 0 Å². The molecule has 1 fully saturated rings. The second-order valence-electron chi connectivity index (χ2n) is 5.91. The molecule has 0 amide bonds. The van der Waals surface area contributed by atoms with Crippen molar-refractivity contribution in [2.45, 2.75) is 43.2 Å². The van der Waals surface area contributed by atoms with Gasteiger partial charge in [-0.15, -0.1) is 0 Å². The van der Waals surface area contributed by atoms with Crippen LogP contribution >= 0.6 is 0 Å². The summed E-state index contributed by atoms with van der Waals surface area (Å²) >= 11 is 0. The molecule has 7 heteroatoms. The van der Waals surface area contributed by atoms with Crippen LogP contribution < -0.4 is 15.2 Å². The smallest absolute Gasteiger partial charge is 0.243 e. The van der Waals surface area contributed by atoms with Crippen LogP contribution in [0.3, 0.4) is 0 Å². The highest BCUT2D eigenvalue weighted by Crippen LogP contribution is 2.34. The lowest BCUT2D eigenvalue weighted by atomic mass is 10.0. The van der Waals surface area contributed by atoms with Gasteiger partial charge in [-0.25, -0.2) is 8.42 Å². The molecule has 2 aliphatic rings. The number of nitrogens with zero attached hydrogens (tertiary/aromatic N) is 1. The molecule has 0 aliphatic carbocycles. The number of sulfonamides is 1. The van der Waals surface area contributed by atoms with Crippen molar-refractivity contribution in [1.82, 2.24) is 4.31 Å². The van der Waals surface area contributed by atoms with Crippen LogP contribution in [0, 0.1) is 0 Å². The van der Waals surface area contributed by atoms with E-state index in [0.717, 1.165) is 6.42 Å². The van der Waals surface area contributed by atoms with E-state index >= 15 is 0 Å². The number of fused-ring (bicyclic) bond motifs is 1. The molecule has 2 N–H and O–H groups in total. The van der Waals surface area contributed by atoms with E-state index in [9.17, 15) is 8.42 Å². The third-order valence-corrected chi connectivity index (χ3v) is 6.19. The molecule has 0 spiro atoms. The van der Waals surface area contributed by atoms with Gasteiger partial charge >= 0.3 is 0 Å². The van der Waals surface area contributed by atoms with Gasteiger partial charge in [0.2, 0.25) is 10.0 Å². The molecule has 1 saturated heterocycles. The molecular weight excluding hydrogens is 304 g/mol. The van der Waals surface area contributed by atoms with E-state index < -0.39 is 10.0 Å². The minimum Gasteiger partial charge on any atom is -0.490 e. The summed E-state index contributed by atoms with van der Waals surface area (Å²) in [4.78, 5) is 0.249. The zero-order valence-electron chi connectivity index (χ0n) is 12.7. The standard InChI is InChI=1S/C15H22N2O4S/c1-11-9-12(16)5-6-17(11)22(18,19)13-3-4-14-15(10-13)21-8-2-7-20-14/h3-4,10-12H,2,5-9,16H2,1H3/t11-,12+/m0/s1. The molecule has 2 heterocycles. The first kappa shape index (κ1) is 15.6. The first-order valence-corrected chi connectivity index (χ1v) is 9.09. The highest BCUT2D eigenvalue weighted by atomic mass is 32.2. The number of nitrogens with two attached hydrogens (primary N) is 1. The van der Waals surface area contributed by atoms with E-state index in [2.05, 4.69) is 0 Å². The van der Waals surface area contributed by atoms with Crippen LogP contribution in [0.15, 0.2) is 23.1 Å². The molecule has 0 saturated carbocycles. The van der Waals surface area contributed by atoms with Gasteiger partial charge in [-0.05, 0) is 31.9 Å². The Labute approximate surface area is 131 Å². The second-order valence-corrected chi connectivity index (χ2v) is 7.80. The van der Waals surface area contributed by atoms with Crippen molar-refractivity contribution in [3.05, 3.63) is 18.2 Å². The van der Waals surface area contributed by atoms with E-state index in [4.69, 9.17) is 15.2 Å². The number of hydrogen-bond donors (Lipinski definition) is 1. The van der Waals surface area contributed by atoms with Crippen molar-refractivity contribution in [1.29, 1.82) is 0 Å². The van der Waals surface area contributed by atoms with Crippen LogP contribution in [-0.2, 0) is 10.0 Å². The molecule has 2 atom stereocenters. The van der Waals surface area contributed by atoms with Gasteiger partial charge in [-0.2, -0.15) is 4.31 Å². The lowest BCUT2D eigenvalue weighted by Crippen LogP contribution is -2.48. The molecule has 22 heavy (non-hydrogen) atoms. The number of rotatable bonds is 2. The zero-order chi connectivity index (χ0) is 15.7. The summed E-state index contributed by atoms with van der Waals surface area (Å²) in [5.74, 6) is 1.10. The summed E-state index contributed by atoms with van der Waals surface area (Å²) in [5, 5.41) is 0. The Balaban J connectivity index is 1.91. The van der Waals surface area contributed by atoms with E-state index in [0.29, 0.717) is 44.1 Å². The third kappa shape index (κ3) is 2.93. The maximum atomic E-state index is 12.9. The molecule has 0 radical (unpaired) electrons. The van der Waals surface area contributed by atoms with E-state index in [-0.39, 0.29) is 17.0 Å². The maximum Gasteiger partial charge on any atom is 0.243 e. The molecule has 3 rings (SSSR count). The van der Waals surface area contributed by atoms with Crippen molar-refractivity contribution in [2.75, 3.05) is 19.8 Å². The summed E-state index contributed by atoms with van der Waals surface area (Å²) in [6.07, 6.45) is 2.16. The molecular formula is C15H22N2O4S. The molecule has 6 nitrogen and oxygen atoms in total. The van der Waals surface area contributed by atoms with Crippen molar-refractivity contribution in [2.24, 2.45) is 5.73 Å². The molecule has 122 valence electrons. The van der Waals surface area contributed by atoms with Gasteiger partial charge < -0.3 is 15.2 Å². The highest BCUT2D eigenvalue weighted by molar-refractivity contribution is 7.89. The first-order valence-electron chi connectivity index (χ1n) is 7.65. The molecule has 0 aromatic heterocycles. The first-order chi connectivity index (χ1) is 10.5. The Bertz CT molecular complexity index is 647. The van der Waals surface area contributed by atoms with Gasteiger partial charge in [0.05, 0.1) is 18.1 Å². The highest BCUT2D eigenvalue weighted by Gasteiger charge is 2.34. The van der Waals surface area contributed by atoms with E-state index in [1.54, 1.807) is 18.2 Å². The normalized spacial score (nSPS) is 26.5. The van der Waals surface area contributed by atoms with Crippen molar-refractivity contribution in [3.8, 4) is 11.5 Å². The zero-order valence-corrected chi connectivity index (χ0v) is 13.5. The minimum absolute atomic E-state index is 0.0743. The van der Waals surface area contributed by atoms with Crippen molar-refractivity contribution < 1.29 is 17.9 Å². The van der Waals surface area contributed by atoms with Crippen LogP contribution in [0.5, 0.6) is 11.5 Å². The van der Waals surface area contributed by atoms with Crippen molar-refractivity contribution >= 4 is 10.0 Å². The predicted molar refractivity (Wildman–Crippen MR) is 82.6 cm³/mol.